The summed E-state index contributed by atoms with van der Waals surface area (Å²) in [6, 6.07) is 8.63. The molecule has 3 rings (SSSR count). The molecule has 0 aliphatic heterocycles. The summed E-state index contributed by atoms with van der Waals surface area (Å²) < 4.78 is 4.42. The number of nitrogens with zero attached hydrogens (tertiary/aromatic N) is 2. The second-order valence-corrected chi connectivity index (χ2v) is 4.83. The average Bonchev–Trinajstić information content (AvgIpc) is 2.95. The number of benzene rings is 1. The number of nitrogens with one attached hydrogen (secondary N) is 1. The van der Waals surface area contributed by atoms with Crippen LogP contribution in [0.25, 0.3) is 0 Å². The Balaban J connectivity index is 1.85. The molecule has 4 heteroatoms. The molecular weight excluding hydrogens is 218 g/mol. The first-order chi connectivity index (χ1) is 7.86. The zero-order chi connectivity index (χ0) is 11.0. The second-order valence-electron chi connectivity index (χ2n) is 4.08. The van der Waals surface area contributed by atoms with Crippen molar-refractivity contribution in [2.24, 2.45) is 0 Å². The fraction of sp³-hybridized carbons (Fsp3) is 0.333. The van der Waals surface area contributed by atoms with Gasteiger partial charge in [-0.2, -0.15) is 4.37 Å². The van der Waals surface area contributed by atoms with Gasteiger partial charge in [0.05, 0.1) is 0 Å². The maximum absolute atomic E-state index is 4.49. The van der Waals surface area contributed by atoms with E-state index in [2.05, 4.69) is 38.9 Å². The number of hydrogen-bond donors (Lipinski definition) is 1. The quantitative estimate of drug-likeness (QED) is 0.862. The molecule has 0 amide bonds. The molecule has 1 aromatic carbocycles. The van der Waals surface area contributed by atoms with E-state index in [0.717, 1.165) is 23.8 Å². The Morgan fingerprint density at radius 1 is 1.25 bits per heavy atom. The molecule has 0 radical (unpaired) electrons. The molecular formula is C12H13N3S. The van der Waals surface area contributed by atoms with Crippen molar-refractivity contribution in [1.82, 2.24) is 9.36 Å². The molecule has 1 aliphatic rings. The number of rotatable bonds is 2. The number of aromatic nitrogens is 2. The Kier molecular flexibility index (Phi) is 2.36. The second kappa shape index (κ2) is 3.87. The lowest BCUT2D eigenvalue weighted by atomic mass is 10.1. The van der Waals surface area contributed by atoms with E-state index in [0.29, 0.717) is 5.92 Å². The first-order valence-corrected chi connectivity index (χ1v) is 6.22. The van der Waals surface area contributed by atoms with Crippen LogP contribution in [-0.4, -0.2) is 16.4 Å². The zero-order valence-electron chi connectivity index (χ0n) is 9.10. The van der Waals surface area contributed by atoms with Gasteiger partial charge in [0.25, 0.3) is 0 Å². The normalized spacial score (nSPS) is 15.1. The van der Waals surface area contributed by atoms with Crippen molar-refractivity contribution in [2.75, 3.05) is 12.4 Å². The van der Waals surface area contributed by atoms with Crippen LogP contribution in [0.4, 0.5) is 5.13 Å². The highest BCUT2D eigenvalue weighted by molar-refractivity contribution is 7.09. The molecule has 1 heterocycles. The predicted molar refractivity (Wildman–Crippen MR) is 66.0 cm³/mol. The molecule has 0 saturated heterocycles. The summed E-state index contributed by atoms with van der Waals surface area (Å²) in [7, 11) is 1.88. The lowest BCUT2D eigenvalue weighted by Crippen LogP contribution is -2.00. The molecule has 3 nitrogen and oxygen atoms in total. The first-order valence-electron chi connectivity index (χ1n) is 5.45. The van der Waals surface area contributed by atoms with E-state index in [4.69, 9.17) is 0 Å². The maximum Gasteiger partial charge on any atom is 0.202 e. The molecule has 0 fully saturated rings. The van der Waals surface area contributed by atoms with Crippen LogP contribution in [0.5, 0.6) is 0 Å². The SMILES string of the molecule is CNc1nc(C2Cc3ccccc3C2)ns1. The van der Waals surface area contributed by atoms with E-state index in [-0.39, 0.29) is 0 Å². The van der Waals surface area contributed by atoms with E-state index < -0.39 is 0 Å². The van der Waals surface area contributed by atoms with E-state index in [1.807, 2.05) is 7.05 Å². The molecule has 1 N–H and O–H groups in total. The largest absolute Gasteiger partial charge is 0.363 e. The van der Waals surface area contributed by atoms with Crippen molar-refractivity contribution in [3.05, 3.63) is 41.2 Å². The van der Waals surface area contributed by atoms with Crippen molar-refractivity contribution in [2.45, 2.75) is 18.8 Å². The van der Waals surface area contributed by atoms with Gasteiger partial charge in [0.1, 0.15) is 5.82 Å². The van der Waals surface area contributed by atoms with Gasteiger partial charge in [0.2, 0.25) is 5.13 Å². The lowest BCUT2D eigenvalue weighted by molar-refractivity contribution is 0.697. The summed E-state index contributed by atoms with van der Waals surface area (Å²) in [5, 5.41) is 3.95. The molecule has 1 aromatic heterocycles. The van der Waals surface area contributed by atoms with Crippen molar-refractivity contribution in [3.8, 4) is 0 Å². The summed E-state index contributed by atoms with van der Waals surface area (Å²) >= 11 is 1.44. The first kappa shape index (κ1) is 9.78. The van der Waals surface area contributed by atoms with E-state index in [1.54, 1.807) is 0 Å². The Morgan fingerprint density at radius 2 is 1.94 bits per heavy atom. The van der Waals surface area contributed by atoms with Crippen LogP contribution in [0.2, 0.25) is 0 Å². The van der Waals surface area contributed by atoms with Gasteiger partial charge in [-0.1, -0.05) is 24.3 Å². The van der Waals surface area contributed by atoms with Gasteiger partial charge < -0.3 is 5.32 Å². The monoisotopic (exact) mass is 231 g/mol. The van der Waals surface area contributed by atoms with Gasteiger partial charge in [-0.15, -0.1) is 0 Å². The van der Waals surface area contributed by atoms with Gasteiger partial charge in [-0.05, 0) is 24.0 Å². The molecule has 0 unspecified atom stereocenters. The number of fused-ring (bicyclic) bond motifs is 1. The van der Waals surface area contributed by atoms with E-state index >= 15 is 0 Å². The van der Waals surface area contributed by atoms with Crippen molar-refractivity contribution < 1.29 is 0 Å². The van der Waals surface area contributed by atoms with Gasteiger partial charge in [0, 0.05) is 24.5 Å². The predicted octanol–water partition coefficient (Wildman–Crippen LogP) is 2.46. The van der Waals surface area contributed by atoms with Crippen molar-refractivity contribution >= 4 is 16.7 Å². The maximum atomic E-state index is 4.49. The highest BCUT2D eigenvalue weighted by Gasteiger charge is 2.25. The Hall–Kier alpha value is -1.42. The zero-order valence-corrected chi connectivity index (χ0v) is 9.92. The molecule has 16 heavy (non-hydrogen) atoms. The van der Waals surface area contributed by atoms with Crippen LogP contribution in [-0.2, 0) is 12.8 Å². The summed E-state index contributed by atoms with van der Waals surface area (Å²) in [5.41, 5.74) is 2.90. The third kappa shape index (κ3) is 1.59. The van der Waals surface area contributed by atoms with Crippen LogP contribution < -0.4 is 5.32 Å². The minimum absolute atomic E-state index is 0.468. The Labute approximate surface area is 98.7 Å². The highest BCUT2D eigenvalue weighted by Crippen LogP contribution is 2.33. The number of hydrogen-bond acceptors (Lipinski definition) is 4. The molecule has 0 atom stereocenters. The van der Waals surface area contributed by atoms with Crippen LogP contribution in [0.15, 0.2) is 24.3 Å². The van der Waals surface area contributed by atoms with Crippen LogP contribution >= 0.6 is 11.5 Å². The van der Waals surface area contributed by atoms with E-state index in [9.17, 15) is 0 Å². The molecule has 82 valence electrons. The van der Waals surface area contributed by atoms with Crippen molar-refractivity contribution in [1.29, 1.82) is 0 Å². The third-order valence-electron chi connectivity index (χ3n) is 3.07. The summed E-state index contributed by atoms with van der Waals surface area (Å²) in [6.45, 7) is 0. The van der Waals surface area contributed by atoms with Gasteiger partial charge in [-0.25, -0.2) is 4.98 Å². The summed E-state index contributed by atoms with van der Waals surface area (Å²) in [5.74, 6) is 1.46. The molecule has 1 aliphatic carbocycles. The van der Waals surface area contributed by atoms with Crippen LogP contribution in [0, 0.1) is 0 Å². The molecule has 0 saturated carbocycles. The Morgan fingerprint density at radius 3 is 2.50 bits per heavy atom. The third-order valence-corrected chi connectivity index (χ3v) is 3.82. The topological polar surface area (TPSA) is 37.8 Å². The lowest BCUT2D eigenvalue weighted by Gasteiger charge is -2.01. The summed E-state index contributed by atoms with van der Waals surface area (Å²) in [6.07, 6.45) is 2.16. The minimum Gasteiger partial charge on any atom is -0.363 e. The highest BCUT2D eigenvalue weighted by atomic mass is 32.1. The minimum atomic E-state index is 0.468. The van der Waals surface area contributed by atoms with Gasteiger partial charge >= 0.3 is 0 Å². The Bertz CT molecular complexity index is 481. The van der Waals surface area contributed by atoms with Gasteiger partial charge in [0.15, 0.2) is 0 Å². The fourth-order valence-electron chi connectivity index (χ4n) is 2.24. The molecule has 2 aromatic rings. The molecule has 0 spiro atoms. The number of anilines is 1. The summed E-state index contributed by atoms with van der Waals surface area (Å²) in [4.78, 5) is 4.49. The van der Waals surface area contributed by atoms with Crippen molar-refractivity contribution in [3.63, 3.8) is 0 Å². The standard InChI is InChI=1S/C12H13N3S/c1-13-12-14-11(15-16-12)10-6-8-4-2-3-5-9(8)7-10/h2-5,10H,6-7H2,1H3,(H,13,14,15). The average molecular weight is 231 g/mol. The smallest absolute Gasteiger partial charge is 0.202 e. The van der Waals surface area contributed by atoms with E-state index in [1.165, 1.54) is 22.7 Å². The molecule has 0 bridgehead atoms. The van der Waals surface area contributed by atoms with Crippen LogP contribution in [0.3, 0.4) is 0 Å². The fourth-order valence-corrected chi connectivity index (χ4v) is 2.84. The van der Waals surface area contributed by atoms with Gasteiger partial charge in [-0.3, -0.25) is 0 Å². The van der Waals surface area contributed by atoms with Crippen LogP contribution in [0.1, 0.15) is 22.9 Å².